The first kappa shape index (κ1) is 19.9. The number of nitrogens with zero attached hydrogens (tertiary/aromatic N) is 3. The molecule has 3 aliphatic rings. The van der Waals surface area contributed by atoms with Crippen LogP contribution < -0.4 is 5.73 Å². The van der Waals surface area contributed by atoms with Crippen LogP contribution in [0.4, 0.5) is 19.4 Å². The molecule has 2 heterocycles. The molecule has 1 saturated carbocycles. The third-order valence-corrected chi connectivity index (χ3v) is 5.81. The number of hydrogen-bond donors (Lipinski definition) is 1. The highest BCUT2D eigenvalue weighted by atomic mass is 19.2. The Hall–Kier alpha value is -2.42. The van der Waals surface area contributed by atoms with E-state index in [4.69, 9.17) is 15.2 Å². The van der Waals surface area contributed by atoms with Gasteiger partial charge in [0.25, 0.3) is 0 Å². The summed E-state index contributed by atoms with van der Waals surface area (Å²) in [7, 11) is 0. The highest BCUT2D eigenvalue weighted by molar-refractivity contribution is 5.68. The van der Waals surface area contributed by atoms with Crippen LogP contribution in [0.5, 0.6) is 0 Å². The Balaban J connectivity index is 1.30. The van der Waals surface area contributed by atoms with Crippen LogP contribution >= 0.6 is 0 Å². The lowest BCUT2D eigenvalue weighted by molar-refractivity contribution is 0.0219. The monoisotopic (exact) mass is 408 g/mol. The fraction of sp³-hybridized carbons (Fsp3) is 0.600. The lowest BCUT2D eigenvalue weighted by atomic mass is 10.1. The molecule has 1 aromatic rings. The molecule has 0 aromatic carbocycles. The fourth-order valence-corrected chi connectivity index (χ4v) is 3.59. The number of hydrogen-bond acceptors (Lipinski definition) is 5. The topological polar surface area (TPSA) is 82.6 Å². The van der Waals surface area contributed by atoms with Crippen LogP contribution in [0.2, 0.25) is 0 Å². The van der Waals surface area contributed by atoms with Crippen molar-refractivity contribution in [1.82, 2.24) is 14.7 Å². The minimum absolute atomic E-state index is 0.0400. The van der Waals surface area contributed by atoms with Gasteiger partial charge in [-0.3, -0.25) is 0 Å². The molecule has 1 saturated heterocycles. The van der Waals surface area contributed by atoms with Gasteiger partial charge in [-0.25, -0.2) is 18.3 Å². The number of carbonyl (C=O) groups is 1. The zero-order valence-corrected chi connectivity index (χ0v) is 16.4. The maximum absolute atomic E-state index is 13.8. The molecular formula is C20H26F2N4O3. The molecule has 2 N–H and O–H groups in total. The summed E-state index contributed by atoms with van der Waals surface area (Å²) >= 11 is 0. The van der Waals surface area contributed by atoms with Crippen LogP contribution in [0.25, 0.3) is 0 Å². The molecule has 9 heteroatoms. The molecule has 1 aliphatic heterocycles. The molecule has 158 valence electrons. The van der Waals surface area contributed by atoms with E-state index in [1.54, 1.807) is 15.8 Å². The third kappa shape index (κ3) is 4.29. The number of ether oxygens (including phenoxy) is 2. The summed E-state index contributed by atoms with van der Waals surface area (Å²) in [5, 5.41) is 4.36. The van der Waals surface area contributed by atoms with Crippen molar-refractivity contribution in [1.29, 1.82) is 0 Å². The summed E-state index contributed by atoms with van der Waals surface area (Å²) in [6, 6.07) is 0.0631. The second kappa shape index (κ2) is 7.78. The van der Waals surface area contributed by atoms with Crippen molar-refractivity contribution < 1.29 is 23.0 Å². The Kier molecular flexibility index (Phi) is 5.33. The number of piperidine rings is 1. The average Bonchev–Trinajstić information content (AvgIpc) is 3.32. The first-order chi connectivity index (χ1) is 13.9. The highest BCUT2D eigenvalue weighted by Crippen LogP contribution is 2.39. The van der Waals surface area contributed by atoms with Gasteiger partial charge in [-0.2, -0.15) is 5.10 Å². The van der Waals surface area contributed by atoms with E-state index in [1.807, 2.05) is 6.92 Å². The Labute approximate surface area is 168 Å². The van der Waals surface area contributed by atoms with Gasteiger partial charge in [-0.05, 0) is 38.7 Å². The van der Waals surface area contributed by atoms with Gasteiger partial charge < -0.3 is 20.1 Å². The summed E-state index contributed by atoms with van der Waals surface area (Å²) in [6.07, 6.45) is 5.82. The molecular weight excluding hydrogens is 382 g/mol. The number of aromatic nitrogens is 2. The third-order valence-electron chi connectivity index (χ3n) is 5.81. The predicted octanol–water partition coefficient (Wildman–Crippen LogP) is 3.44. The minimum atomic E-state index is -1.81. The van der Waals surface area contributed by atoms with Crippen molar-refractivity contribution in [2.45, 2.75) is 63.1 Å². The standard InChI is InChI=1S/C20H26F2N4O3/c1-20(7-8-20)29-19(27)25-9-5-14(6-10-25)26-18(23)13(11-24-26)12-28-16-4-2-3-15(21)17(16)22/h2-4,11,14,16-17H,5-10,12,23H2,1H3. The number of halogens is 2. The number of carbonyl (C=O) groups excluding carboxylic acids is 1. The van der Waals surface area contributed by atoms with E-state index in [9.17, 15) is 13.6 Å². The van der Waals surface area contributed by atoms with Gasteiger partial charge >= 0.3 is 6.09 Å². The number of amides is 1. The van der Waals surface area contributed by atoms with Crippen LogP contribution in [0.15, 0.2) is 30.3 Å². The largest absolute Gasteiger partial charge is 0.443 e. The molecule has 2 atom stereocenters. The summed E-state index contributed by atoms with van der Waals surface area (Å²) in [6.45, 7) is 3.14. The number of rotatable bonds is 5. The van der Waals surface area contributed by atoms with Crippen LogP contribution in [0, 0.1) is 0 Å². The Bertz CT molecular complexity index is 826. The lowest BCUT2D eigenvalue weighted by Crippen LogP contribution is -2.41. The number of likely N-dealkylation sites (tertiary alicyclic amines) is 1. The molecule has 0 bridgehead atoms. The van der Waals surface area contributed by atoms with Crippen molar-refractivity contribution in [3.63, 3.8) is 0 Å². The molecule has 1 amide bonds. The van der Waals surface area contributed by atoms with E-state index < -0.39 is 18.1 Å². The number of anilines is 1. The van der Waals surface area contributed by atoms with Crippen LogP contribution in [0.3, 0.4) is 0 Å². The van der Waals surface area contributed by atoms with Crippen molar-refractivity contribution >= 4 is 11.9 Å². The Morgan fingerprint density at radius 1 is 1.38 bits per heavy atom. The highest BCUT2D eigenvalue weighted by Gasteiger charge is 2.43. The maximum atomic E-state index is 13.8. The predicted molar refractivity (Wildman–Crippen MR) is 102 cm³/mol. The molecule has 1 aromatic heterocycles. The van der Waals surface area contributed by atoms with Crippen molar-refractivity contribution in [2.24, 2.45) is 0 Å². The first-order valence-corrected chi connectivity index (χ1v) is 9.96. The minimum Gasteiger partial charge on any atom is -0.443 e. The number of nitrogen functional groups attached to an aromatic ring is 1. The van der Waals surface area contributed by atoms with Gasteiger partial charge in [0.1, 0.15) is 23.3 Å². The van der Waals surface area contributed by atoms with E-state index in [1.165, 1.54) is 12.2 Å². The number of nitrogens with two attached hydrogens (primary N) is 1. The van der Waals surface area contributed by atoms with Gasteiger partial charge in [0.05, 0.1) is 18.8 Å². The van der Waals surface area contributed by atoms with E-state index in [-0.39, 0.29) is 24.3 Å². The van der Waals surface area contributed by atoms with Crippen LogP contribution in [0.1, 0.15) is 44.2 Å². The quantitative estimate of drug-likeness (QED) is 0.807. The molecule has 2 unspecified atom stereocenters. The summed E-state index contributed by atoms with van der Waals surface area (Å²) in [5.41, 5.74) is 6.57. The van der Waals surface area contributed by atoms with E-state index in [0.29, 0.717) is 37.3 Å². The summed E-state index contributed by atoms with van der Waals surface area (Å²) in [5.74, 6) is -0.398. The molecule has 29 heavy (non-hydrogen) atoms. The van der Waals surface area contributed by atoms with Crippen LogP contribution in [-0.2, 0) is 16.1 Å². The maximum Gasteiger partial charge on any atom is 0.410 e. The number of alkyl halides is 1. The van der Waals surface area contributed by atoms with Gasteiger partial charge in [0.15, 0.2) is 6.17 Å². The molecule has 0 radical (unpaired) electrons. The van der Waals surface area contributed by atoms with Gasteiger partial charge in [0, 0.05) is 18.7 Å². The smallest absolute Gasteiger partial charge is 0.410 e. The lowest BCUT2D eigenvalue weighted by Gasteiger charge is -2.32. The normalized spacial score (nSPS) is 26.3. The molecule has 0 spiro atoms. The van der Waals surface area contributed by atoms with Crippen molar-refractivity contribution in [3.8, 4) is 0 Å². The fourth-order valence-electron chi connectivity index (χ4n) is 3.59. The first-order valence-electron chi connectivity index (χ1n) is 9.96. The SMILES string of the molecule is CC1(OC(=O)N2CCC(n3ncc(COC4C=CC=C(F)C4F)c3N)CC2)CC1. The molecule has 2 aliphatic carbocycles. The van der Waals surface area contributed by atoms with E-state index >= 15 is 0 Å². The van der Waals surface area contributed by atoms with Gasteiger partial charge in [-0.15, -0.1) is 0 Å². The van der Waals surface area contributed by atoms with Gasteiger partial charge in [-0.1, -0.05) is 12.2 Å². The second-order valence-corrected chi connectivity index (χ2v) is 8.15. The van der Waals surface area contributed by atoms with Gasteiger partial charge in [0.2, 0.25) is 0 Å². The van der Waals surface area contributed by atoms with Crippen molar-refractivity contribution in [2.75, 3.05) is 18.8 Å². The zero-order valence-electron chi connectivity index (χ0n) is 16.4. The van der Waals surface area contributed by atoms with Crippen LogP contribution in [-0.4, -0.2) is 51.7 Å². The summed E-state index contributed by atoms with van der Waals surface area (Å²) in [4.78, 5) is 14.0. The molecule has 7 nitrogen and oxygen atoms in total. The zero-order chi connectivity index (χ0) is 20.6. The number of allylic oxidation sites excluding steroid dienone is 2. The summed E-state index contributed by atoms with van der Waals surface area (Å²) < 4.78 is 39.9. The Morgan fingerprint density at radius 2 is 2.10 bits per heavy atom. The second-order valence-electron chi connectivity index (χ2n) is 8.15. The molecule has 4 rings (SSSR count). The van der Waals surface area contributed by atoms with Crippen molar-refractivity contribution in [3.05, 3.63) is 35.8 Å². The van der Waals surface area contributed by atoms with E-state index in [2.05, 4.69) is 5.10 Å². The Morgan fingerprint density at radius 3 is 2.79 bits per heavy atom. The van der Waals surface area contributed by atoms with E-state index in [0.717, 1.165) is 18.9 Å². The average molecular weight is 408 g/mol. The molecule has 2 fully saturated rings.